The molecule has 1 aromatic heterocycles. The number of nitro benzene ring substituents is 1. The van der Waals surface area contributed by atoms with Gasteiger partial charge in [0.1, 0.15) is 5.82 Å². The molecular formula is C21H24ClFN4O3S2. The number of hydrogen-bond acceptors (Lipinski definition) is 7. The fourth-order valence-corrected chi connectivity index (χ4v) is 4.81. The molecule has 0 aliphatic rings. The minimum absolute atomic E-state index is 0. The molecule has 0 saturated heterocycles. The summed E-state index contributed by atoms with van der Waals surface area (Å²) in [5, 5.41) is 11.6. The van der Waals surface area contributed by atoms with E-state index in [0.717, 1.165) is 18.0 Å². The van der Waals surface area contributed by atoms with Crippen LogP contribution in [0, 0.1) is 15.9 Å². The summed E-state index contributed by atoms with van der Waals surface area (Å²) in [6.07, 6.45) is 0. The summed E-state index contributed by atoms with van der Waals surface area (Å²) < 4.78 is 13.8. The van der Waals surface area contributed by atoms with Crippen LogP contribution in [0.4, 0.5) is 15.2 Å². The summed E-state index contributed by atoms with van der Waals surface area (Å²) in [6.45, 7) is 7.03. The zero-order chi connectivity index (χ0) is 22.4. The highest BCUT2D eigenvalue weighted by atomic mass is 35.5. The van der Waals surface area contributed by atoms with Gasteiger partial charge in [0.05, 0.1) is 20.9 Å². The topological polar surface area (TPSA) is 79.6 Å². The first-order valence-corrected chi connectivity index (χ1v) is 11.7. The van der Waals surface area contributed by atoms with Gasteiger partial charge in [-0.05, 0) is 43.4 Å². The van der Waals surface area contributed by atoms with Crippen LogP contribution in [0.15, 0.2) is 47.4 Å². The van der Waals surface area contributed by atoms with E-state index < -0.39 is 4.92 Å². The Morgan fingerprint density at radius 1 is 1.16 bits per heavy atom. The van der Waals surface area contributed by atoms with Gasteiger partial charge in [0.15, 0.2) is 5.13 Å². The molecule has 11 heteroatoms. The molecule has 3 rings (SSSR count). The van der Waals surface area contributed by atoms with Crippen LogP contribution in [-0.4, -0.2) is 52.6 Å². The zero-order valence-corrected chi connectivity index (χ0v) is 20.1. The number of benzene rings is 2. The largest absolute Gasteiger partial charge is 0.302 e. The number of carbonyl (C=O) groups is 1. The number of carbonyl (C=O) groups excluding carboxylic acids is 1. The quantitative estimate of drug-likeness (QED) is 0.216. The standard InChI is InChI=1S/C21H23FN4O3S2.ClH/c1-3-24(4-2)11-12-25(20(27)14-30-17-8-5-15(22)6-9-17)21-23-18-10-7-16(26(28)29)13-19(18)31-21;/h5-10,13H,3-4,11-12,14H2,1-2H3;1H. The Balaban J connectivity index is 0.00000363. The minimum atomic E-state index is -0.443. The van der Waals surface area contributed by atoms with Gasteiger partial charge in [-0.15, -0.1) is 24.2 Å². The highest BCUT2D eigenvalue weighted by Crippen LogP contribution is 2.32. The van der Waals surface area contributed by atoms with E-state index >= 15 is 0 Å². The monoisotopic (exact) mass is 498 g/mol. The smallest absolute Gasteiger partial charge is 0.270 e. The van der Waals surface area contributed by atoms with Gasteiger partial charge in [-0.25, -0.2) is 9.37 Å². The lowest BCUT2D eigenvalue weighted by molar-refractivity contribution is -0.384. The lowest BCUT2D eigenvalue weighted by atomic mass is 10.3. The normalized spacial score (nSPS) is 10.9. The van der Waals surface area contributed by atoms with E-state index in [2.05, 4.69) is 23.7 Å². The minimum Gasteiger partial charge on any atom is -0.302 e. The van der Waals surface area contributed by atoms with Gasteiger partial charge in [-0.1, -0.05) is 25.2 Å². The maximum atomic E-state index is 13.1. The number of likely N-dealkylation sites (N-methyl/N-ethyl adjacent to an activating group) is 1. The lowest BCUT2D eigenvalue weighted by Crippen LogP contribution is -2.39. The number of thiazole rings is 1. The molecule has 0 unspecified atom stereocenters. The van der Waals surface area contributed by atoms with Crippen molar-refractivity contribution < 1.29 is 14.1 Å². The van der Waals surface area contributed by atoms with Crippen molar-refractivity contribution in [2.45, 2.75) is 18.7 Å². The molecule has 0 N–H and O–H groups in total. The van der Waals surface area contributed by atoms with Crippen LogP contribution in [-0.2, 0) is 4.79 Å². The predicted molar refractivity (Wildman–Crippen MR) is 131 cm³/mol. The molecule has 0 spiro atoms. The molecule has 3 aromatic rings. The molecule has 7 nitrogen and oxygen atoms in total. The molecular weight excluding hydrogens is 475 g/mol. The van der Waals surface area contributed by atoms with Crippen molar-refractivity contribution >= 4 is 62.4 Å². The summed E-state index contributed by atoms with van der Waals surface area (Å²) >= 11 is 2.60. The summed E-state index contributed by atoms with van der Waals surface area (Å²) in [7, 11) is 0. The number of rotatable bonds is 10. The molecule has 2 aromatic carbocycles. The van der Waals surface area contributed by atoms with Crippen molar-refractivity contribution in [1.29, 1.82) is 0 Å². The summed E-state index contributed by atoms with van der Waals surface area (Å²) in [5.74, 6) is -0.255. The van der Waals surface area contributed by atoms with Gasteiger partial charge >= 0.3 is 0 Å². The number of amides is 1. The third-order valence-corrected chi connectivity index (χ3v) is 6.85. The van der Waals surface area contributed by atoms with Crippen molar-refractivity contribution in [3.05, 3.63) is 58.4 Å². The summed E-state index contributed by atoms with van der Waals surface area (Å²) in [4.78, 5) is 32.9. The first-order chi connectivity index (χ1) is 14.9. The Labute approximate surface area is 200 Å². The number of fused-ring (bicyclic) bond motifs is 1. The average Bonchev–Trinajstić information content (AvgIpc) is 3.19. The third-order valence-electron chi connectivity index (χ3n) is 4.81. The molecule has 1 heterocycles. The molecule has 0 fully saturated rings. The fourth-order valence-electron chi connectivity index (χ4n) is 2.99. The molecule has 1 amide bonds. The maximum absolute atomic E-state index is 13.1. The van der Waals surface area contributed by atoms with E-state index in [4.69, 9.17) is 0 Å². The van der Waals surface area contributed by atoms with E-state index in [0.29, 0.717) is 28.4 Å². The molecule has 0 atom stereocenters. The highest BCUT2D eigenvalue weighted by Gasteiger charge is 2.21. The van der Waals surface area contributed by atoms with E-state index in [1.165, 1.54) is 47.4 Å². The zero-order valence-electron chi connectivity index (χ0n) is 17.7. The highest BCUT2D eigenvalue weighted by molar-refractivity contribution is 8.00. The number of nitro groups is 1. The number of hydrogen-bond donors (Lipinski definition) is 0. The molecule has 32 heavy (non-hydrogen) atoms. The van der Waals surface area contributed by atoms with Gasteiger partial charge in [-0.3, -0.25) is 19.8 Å². The second-order valence-electron chi connectivity index (χ2n) is 6.72. The second kappa shape index (κ2) is 12.1. The van der Waals surface area contributed by atoms with Gasteiger partial charge in [-0.2, -0.15) is 0 Å². The summed E-state index contributed by atoms with van der Waals surface area (Å²) in [6, 6.07) is 10.5. The fraction of sp³-hybridized carbons (Fsp3) is 0.333. The number of halogens is 2. The Hall–Kier alpha value is -2.27. The first-order valence-electron chi connectivity index (χ1n) is 9.87. The summed E-state index contributed by atoms with van der Waals surface area (Å²) in [5.41, 5.74) is 0.619. The van der Waals surface area contributed by atoms with Crippen molar-refractivity contribution in [3.8, 4) is 0 Å². The first kappa shape index (κ1) is 26.0. The Morgan fingerprint density at radius 2 is 1.84 bits per heavy atom. The van der Waals surface area contributed by atoms with Gasteiger partial charge in [0, 0.05) is 30.1 Å². The molecule has 172 valence electrons. The lowest BCUT2D eigenvalue weighted by Gasteiger charge is -2.24. The Morgan fingerprint density at radius 3 is 2.47 bits per heavy atom. The SMILES string of the molecule is CCN(CC)CCN(C(=O)CSc1ccc(F)cc1)c1nc2ccc([N+](=O)[O-])cc2s1.Cl. The number of aromatic nitrogens is 1. The van der Waals surface area contributed by atoms with Crippen molar-refractivity contribution in [1.82, 2.24) is 9.88 Å². The Bertz CT molecular complexity index is 1060. The van der Waals surface area contributed by atoms with Crippen LogP contribution < -0.4 is 4.90 Å². The Kier molecular flexibility index (Phi) is 9.83. The molecule has 0 aliphatic carbocycles. The van der Waals surface area contributed by atoms with E-state index in [1.807, 2.05) is 0 Å². The molecule has 0 bridgehead atoms. The number of non-ortho nitro benzene ring substituents is 1. The average molecular weight is 499 g/mol. The van der Waals surface area contributed by atoms with Crippen LogP contribution in [0.2, 0.25) is 0 Å². The van der Waals surface area contributed by atoms with E-state index in [-0.39, 0.29) is 35.6 Å². The van der Waals surface area contributed by atoms with Crippen LogP contribution in [0.3, 0.4) is 0 Å². The number of thioether (sulfide) groups is 1. The van der Waals surface area contributed by atoms with Crippen LogP contribution >= 0.6 is 35.5 Å². The van der Waals surface area contributed by atoms with E-state index in [9.17, 15) is 19.3 Å². The van der Waals surface area contributed by atoms with Gasteiger partial charge in [0.25, 0.3) is 5.69 Å². The van der Waals surface area contributed by atoms with Crippen LogP contribution in [0.1, 0.15) is 13.8 Å². The van der Waals surface area contributed by atoms with Crippen molar-refractivity contribution in [2.75, 3.05) is 36.8 Å². The van der Waals surface area contributed by atoms with Gasteiger partial charge in [0.2, 0.25) is 5.91 Å². The number of anilines is 1. The second-order valence-corrected chi connectivity index (χ2v) is 8.78. The van der Waals surface area contributed by atoms with Gasteiger partial charge < -0.3 is 4.90 Å². The van der Waals surface area contributed by atoms with Crippen molar-refractivity contribution in [2.24, 2.45) is 0 Å². The van der Waals surface area contributed by atoms with Crippen molar-refractivity contribution in [3.63, 3.8) is 0 Å². The maximum Gasteiger partial charge on any atom is 0.270 e. The number of nitrogens with zero attached hydrogens (tertiary/aromatic N) is 4. The molecule has 0 aliphatic heterocycles. The molecule has 0 radical (unpaired) electrons. The van der Waals surface area contributed by atoms with E-state index in [1.54, 1.807) is 23.1 Å². The predicted octanol–water partition coefficient (Wildman–Crippen LogP) is 5.23. The van der Waals surface area contributed by atoms with Crippen LogP contribution in [0.25, 0.3) is 10.2 Å². The molecule has 0 saturated carbocycles. The van der Waals surface area contributed by atoms with Crippen LogP contribution in [0.5, 0.6) is 0 Å². The third kappa shape index (κ3) is 6.61.